The van der Waals surface area contributed by atoms with Gasteiger partial charge in [0.05, 0.1) is 5.52 Å². The highest BCUT2D eigenvalue weighted by Gasteiger charge is 2.27. The van der Waals surface area contributed by atoms with E-state index < -0.39 is 5.51 Å². The number of para-hydroxylation sites is 1. The van der Waals surface area contributed by atoms with Crippen molar-refractivity contribution >= 4 is 22.7 Å². The number of fused-ring (bicyclic) bond motifs is 1. The van der Waals surface area contributed by atoms with Crippen LogP contribution in [0.3, 0.4) is 0 Å². The molecule has 1 unspecified atom stereocenters. The standard InChI is InChI=1S/C15H19F3N2S/c1-2-13(19)10-12-5-3-4-11-6-7-20(14(11)12)8-9-21-15(16,17)18/h3-7,13H,2,8-10,19H2,1H3. The molecule has 1 aromatic heterocycles. The second kappa shape index (κ2) is 6.75. The number of nitrogens with two attached hydrogens (primary N) is 1. The molecule has 2 N–H and O–H groups in total. The number of thioether (sulfide) groups is 1. The van der Waals surface area contributed by atoms with Crippen LogP contribution in [0.5, 0.6) is 0 Å². The Balaban J connectivity index is 2.20. The Morgan fingerprint density at radius 3 is 2.71 bits per heavy atom. The second-order valence-corrected chi connectivity index (χ2v) is 6.19. The Hall–Kier alpha value is -1.14. The monoisotopic (exact) mass is 316 g/mol. The summed E-state index contributed by atoms with van der Waals surface area (Å²) in [5.74, 6) is 0.0153. The van der Waals surface area contributed by atoms with Crippen LogP contribution in [0.25, 0.3) is 10.9 Å². The van der Waals surface area contributed by atoms with E-state index in [4.69, 9.17) is 5.73 Å². The first kappa shape index (κ1) is 16.2. The van der Waals surface area contributed by atoms with E-state index in [1.807, 2.05) is 42.0 Å². The second-order valence-electron chi connectivity index (χ2n) is 5.03. The Labute approximate surface area is 126 Å². The van der Waals surface area contributed by atoms with Gasteiger partial charge in [-0.25, -0.2) is 0 Å². The van der Waals surface area contributed by atoms with Gasteiger partial charge < -0.3 is 10.3 Å². The maximum Gasteiger partial charge on any atom is 0.441 e. The largest absolute Gasteiger partial charge is 0.441 e. The van der Waals surface area contributed by atoms with Crippen LogP contribution in [0, 0.1) is 0 Å². The van der Waals surface area contributed by atoms with Gasteiger partial charge in [0, 0.05) is 24.5 Å². The molecule has 0 amide bonds. The molecule has 0 fully saturated rings. The minimum absolute atomic E-state index is 0.0153. The van der Waals surface area contributed by atoms with Gasteiger partial charge in [0.15, 0.2) is 0 Å². The molecular weight excluding hydrogens is 297 g/mol. The molecule has 2 rings (SSSR count). The van der Waals surface area contributed by atoms with Crippen LogP contribution in [0.2, 0.25) is 0 Å². The van der Waals surface area contributed by atoms with Gasteiger partial charge in [0.25, 0.3) is 0 Å². The molecule has 0 spiro atoms. The normalized spacial score (nSPS) is 13.8. The molecule has 116 valence electrons. The van der Waals surface area contributed by atoms with Gasteiger partial charge in [0.1, 0.15) is 0 Å². The third-order valence-electron chi connectivity index (χ3n) is 3.48. The van der Waals surface area contributed by atoms with Gasteiger partial charge >= 0.3 is 5.51 Å². The molecule has 0 aliphatic rings. The summed E-state index contributed by atoms with van der Waals surface area (Å²) in [5.41, 5.74) is 3.94. The first-order valence-corrected chi connectivity index (χ1v) is 7.92. The molecule has 0 aliphatic carbocycles. The van der Waals surface area contributed by atoms with E-state index >= 15 is 0 Å². The van der Waals surface area contributed by atoms with Crippen molar-refractivity contribution in [3.8, 4) is 0 Å². The molecule has 21 heavy (non-hydrogen) atoms. The fourth-order valence-electron chi connectivity index (χ4n) is 2.38. The van der Waals surface area contributed by atoms with Crippen LogP contribution >= 0.6 is 11.8 Å². The summed E-state index contributed by atoms with van der Waals surface area (Å²) in [5, 5.41) is 1.05. The van der Waals surface area contributed by atoms with Crippen LogP contribution in [0.15, 0.2) is 30.5 Å². The van der Waals surface area contributed by atoms with Crippen molar-refractivity contribution in [2.75, 3.05) is 5.75 Å². The minimum atomic E-state index is -4.17. The van der Waals surface area contributed by atoms with Crippen LogP contribution < -0.4 is 5.73 Å². The molecule has 2 aromatic rings. The van der Waals surface area contributed by atoms with Crippen molar-refractivity contribution in [2.24, 2.45) is 5.73 Å². The fourth-order valence-corrected chi connectivity index (χ4v) is 2.90. The van der Waals surface area contributed by atoms with E-state index in [0.29, 0.717) is 6.54 Å². The molecule has 0 bridgehead atoms. The van der Waals surface area contributed by atoms with Gasteiger partial charge in [0.2, 0.25) is 0 Å². The zero-order chi connectivity index (χ0) is 15.5. The molecule has 0 aliphatic heterocycles. The molecule has 1 heterocycles. The third kappa shape index (κ3) is 4.41. The van der Waals surface area contributed by atoms with Crippen molar-refractivity contribution < 1.29 is 13.2 Å². The van der Waals surface area contributed by atoms with E-state index in [-0.39, 0.29) is 23.6 Å². The van der Waals surface area contributed by atoms with E-state index in [9.17, 15) is 13.2 Å². The van der Waals surface area contributed by atoms with Crippen LogP contribution in [0.4, 0.5) is 13.2 Å². The summed E-state index contributed by atoms with van der Waals surface area (Å²) in [7, 11) is 0. The Morgan fingerprint density at radius 2 is 2.05 bits per heavy atom. The summed E-state index contributed by atoms with van der Waals surface area (Å²) in [6.07, 6.45) is 3.47. The average molecular weight is 316 g/mol. The molecule has 1 atom stereocenters. The zero-order valence-electron chi connectivity index (χ0n) is 11.9. The number of nitrogens with zero attached hydrogens (tertiary/aromatic N) is 1. The predicted octanol–water partition coefficient (Wildman–Crippen LogP) is 4.17. The van der Waals surface area contributed by atoms with E-state index in [1.165, 1.54) is 0 Å². The van der Waals surface area contributed by atoms with Gasteiger partial charge in [-0.05, 0) is 41.6 Å². The van der Waals surface area contributed by atoms with Gasteiger partial charge in [-0.2, -0.15) is 13.2 Å². The van der Waals surface area contributed by atoms with Crippen molar-refractivity contribution in [3.05, 3.63) is 36.0 Å². The lowest BCUT2D eigenvalue weighted by Crippen LogP contribution is -2.21. The number of halogens is 3. The Morgan fingerprint density at radius 1 is 1.29 bits per heavy atom. The lowest BCUT2D eigenvalue weighted by molar-refractivity contribution is -0.0328. The maximum atomic E-state index is 12.2. The lowest BCUT2D eigenvalue weighted by atomic mass is 10.0. The van der Waals surface area contributed by atoms with Gasteiger partial charge in [-0.15, -0.1) is 0 Å². The number of aryl methyl sites for hydroxylation is 1. The number of alkyl halides is 3. The summed E-state index contributed by atoms with van der Waals surface area (Å²) in [6, 6.07) is 7.96. The molecule has 6 heteroatoms. The molecule has 2 nitrogen and oxygen atoms in total. The molecule has 0 saturated heterocycles. The van der Waals surface area contributed by atoms with Crippen LogP contribution in [0.1, 0.15) is 18.9 Å². The van der Waals surface area contributed by atoms with Crippen molar-refractivity contribution in [2.45, 2.75) is 37.9 Å². The van der Waals surface area contributed by atoms with Crippen molar-refractivity contribution in [3.63, 3.8) is 0 Å². The highest BCUT2D eigenvalue weighted by molar-refractivity contribution is 8.00. The highest BCUT2D eigenvalue weighted by Crippen LogP contribution is 2.30. The average Bonchev–Trinajstić information content (AvgIpc) is 2.82. The first-order chi connectivity index (χ1) is 9.90. The van der Waals surface area contributed by atoms with E-state index in [2.05, 4.69) is 0 Å². The quantitative estimate of drug-likeness (QED) is 0.867. The van der Waals surface area contributed by atoms with Gasteiger partial charge in [-0.3, -0.25) is 0 Å². The number of rotatable bonds is 6. The minimum Gasteiger partial charge on any atom is -0.346 e. The van der Waals surface area contributed by atoms with E-state index in [1.54, 1.807) is 0 Å². The number of hydrogen-bond donors (Lipinski definition) is 1. The van der Waals surface area contributed by atoms with Crippen molar-refractivity contribution in [1.29, 1.82) is 0 Å². The summed E-state index contributed by atoms with van der Waals surface area (Å²) < 4.78 is 38.6. The number of hydrogen-bond acceptors (Lipinski definition) is 2. The molecule has 1 aromatic carbocycles. The van der Waals surface area contributed by atoms with E-state index in [0.717, 1.165) is 29.3 Å². The molecular formula is C15H19F3N2S. The summed E-state index contributed by atoms with van der Waals surface area (Å²) in [4.78, 5) is 0. The number of aromatic nitrogens is 1. The SMILES string of the molecule is CCC(N)Cc1cccc2ccn(CCSC(F)(F)F)c12. The van der Waals surface area contributed by atoms with Crippen LogP contribution in [-0.4, -0.2) is 21.9 Å². The van der Waals surface area contributed by atoms with Crippen LogP contribution in [-0.2, 0) is 13.0 Å². The molecule has 0 saturated carbocycles. The third-order valence-corrected chi connectivity index (χ3v) is 4.19. The fraction of sp³-hybridized carbons (Fsp3) is 0.467. The highest BCUT2D eigenvalue weighted by atomic mass is 32.2. The summed E-state index contributed by atoms with van der Waals surface area (Å²) >= 11 is 0.0191. The zero-order valence-corrected chi connectivity index (χ0v) is 12.7. The van der Waals surface area contributed by atoms with Gasteiger partial charge in [-0.1, -0.05) is 25.1 Å². The maximum absolute atomic E-state index is 12.2. The first-order valence-electron chi connectivity index (χ1n) is 6.93. The topological polar surface area (TPSA) is 30.9 Å². The smallest absolute Gasteiger partial charge is 0.346 e. The van der Waals surface area contributed by atoms with Crippen molar-refractivity contribution in [1.82, 2.24) is 4.57 Å². The molecule has 0 radical (unpaired) electrons. The predicted molar refractivity (Wildman–Crippen MR) is 82.4 cm³/mol. The number of benzene rings is 1. The Bertz CT molecular complexity index is 592. The Kier molecular flexibility index (Phi) is 5.22. The lowest BCUT2D eigenvalue weighted by Gasteiger charge is -2.13. The summed E-state index contributed by atoms with van der Waals surface area (Å²) in [6.45, 7) is 2.37.